The maximum Gasteiger partial charge on any atom is 0.410 e. The first-order valence-electron chi connectivity index (χ1n) is 9.45. The molecule has 2 aliphatic rings. The zero-order valence-corrected chi connectivity index (χ0v) is 17.9. The minimum Gasteiger partial charge on any atom is -0.479 e. The normalized spacial score (nSPS) is 18.4. The smallest absolute Gasteiger partial charge is 0.410 e. The highest BCUT2D eigenvalue weighted by Gasteiger charge is 2.40. The van der Waals surface area contributed by atoms with Gasteiger partial charge in [0.25, 0.3) is 0 Å². The minimum absolute atomic E-state index is 0.00696. The van der Waals surface area contributed by atoms with Crippen LogP contribution in [0.1, 0.15) is 41.5 Å². The number of aliphatic carboxylic acids is 1. The second kappa shape index (κ2) is 9.43. The maximum atomic E-state index is 11.5. The van der Waals surface area contributed by atoms with E-state index in [0.717, 1.165) is 6.29 Å². The number of carbonyl (C=O) groups excluding carboxylic acids is 3. The summed E-state index contributed by atoms with van der Waals surface area (Å²) in [6.45, 7) is 12.2. The summed E-state index contributed by atoms with van der Waals surface area (Å²) in [5, 5.41) is 17.7. The summed E-state index contributed by atoms with van der Waals surface area (Å²) < 4.78 is 10.2. The molecule has 0 aromatic carbocycles. The third-order valence-electron chi connectivity index (χ3n) is 4.01. The van der Waals surface area contributed by atoms with E-state index >= 15 is 0 Å². The minimum atomic E-state index is -1.40. The summed E-state index contributed by atoms with van der Waals surface area (Å²) in [5.74, 6) is -1.65. The molecule has 1 unspecified atom stereocenters. The van der Waals surface area contributed by atoms with Crippen molar-refractivity contribution in [3.05, 3.63) is 0 Å². The van der Waals surface area contributed by atoms with E-state index < -0.39 is 35.3 Å². The molecular formula is C19H32N2O8. The molecular weight excluding hydrogens is 384 g/mol. The van der Waals surface area contributed by atoms with Gasteiger partial charge < -0.3 is 34.3 Å². The first-order valence-corrected chi connectivity index (χ1v) is 9.45. The lowest BCUT2D eigenvalue weighted by Crippen LogP contribution is -2.56. The number of ether oxygens (including phenoxy) is 2. The number of amides is 2. The van der Waals surface area contributed by atoms with Crippen molar-refractivity contribution < 1.29 is 38.9 Å². The molecule has 0 aliphatic carbocycles. The third kappa shape index (κ3) is 8.26. The molecule has 2 saturated heterocycles. The van der Waals surface area contributed by atoms with Gasteiger partial charge >= 0.3 is 18.2 Å². The lowest BCUT2D eigenvalue weighted by atomic mass is 9.94. The van der Waals surface area contributed by atoms with Gasteiger partial charge in [-0.25, -0.2) is 14.4 Å². The van der Waals surface area contributed by atoms with Gasteiger partial charge in [0.1, 0.15) is 17.5 Å². The Morgan fingerprint density at radius 1 is 0.897 bits per heavy atom. The van der Waals surface area contributed by atoms with Gasteiger partial charge in [0.15, 0.2) is 6.10 Å². The molecule has 10 nitrogen and oxygen atoms in total. The van der Waals surface area contributed by atoms with Gasteiger partial charge in [-0.2, -0.15) is 0 Å². The Morgan fingerprint density at radius 2 is 1.28 bits per heavy atom. The summed E-state index contributed by atoms with van der Waals surface area (Å²) >= 11 is 0. The van der Waals surface area contributed by atoms with Crippen molar-refractivity contribution in [2.45, 2.75) is 58.8 Å². The van der Waals surface area contributed by atoms with Crippen LogP contribution in [0, 0.1) is 11.8 Å². The number of carboxylic acids is 1. The molecule has 29 heavy (non-hydrogen) atoms. The molecule has 10 heteroatoms. The second-order valence-corrected chi connectivity index (χ2v) is 9.21. The average molecular weight is 416 g/mol. The van der Waals surface area contributed by atoms with Gasteiger partial charge in [0, 0.05) is 32.1 Å². The number of carboxylic acid groups (broad SMARTS) is 1. The molecule has 166 valence electrons. The van der Waals surface area contributed by atoms with Crippen LogP contribution in [-0.2, 0) is 19.1 Å². The Kier molecular flexibility index (Phi) is 8.02. The van der Waals surface area contributed by atoms with Crippen molar-refractivity contribution in [2.24, 2.45) is 11.8 Å². The van der Waals surface area contributed by atoms with Crippen molar-refractivity contribution in [1.82, 2.24) is 9.80 Å². The zero-order valence-electron chi connectivity index (χ0n) is 17.9. The van der Waals surface area contributed by atoms with E-state index in [1.165, 1.54) is 9.80 Å². The van der Waals surface area contributed by atoms with Crippen LogP contribution in [0.5, 0.6) is 0 Å². The molecule has 0 bridgehead atoms. The Balaban J connectivity index is 0.000000296. The average Bonchev–Trinajstić information content (AvgIpc) is 2.40. The van der Waals surface area contributed by atoms with Crippen molar-refractivity contribution in [1.29, 1.82) is 0 Å². The molecule has 2 heterocycles. The van der Waals surface area contributed by atoms with E-state index in [9.17, 15) is 24.3 Å². The SMILES string of the molecule is CC(C)(C)OC(=O)N1CC(C(O)C(=O)O)C1.CC(C)(C)OC(=O)N1CC(C=O)C1. The largest absolute Gasteiger partial charge is 0.479 e. The highest BCUT2D eigenvalue weighted by Crippen LogP contribution is 2.22. The van der Waals surface area contributed by atoms with Crippen LogP contribution in [0.4, 0.5) is 9.59 Å². The number of aldehydes is 1. The van der Waals surface area contributed by atoms with Gasteiger partial charge in [-0.1, -0.05) is 0 Å². The number of rotatable bonds is 3. The quantitative estimate of drug-likeness (QED) is 0.659. The van der Waals surface area contributed by atoms with E-state index in [2.05, 4.69) is 0 Å². The van der Waals surface area contributed by atoms with Crippen molar-refractivity contribution in [3.8, 4) is 0 Å². The van der Waals surface area contributed by atoms with Crippen LogP contribution in [-0.4, -0.2) is 87.9 Å². The zero-order chi connectivity index (χ0) is 22.6. The molecule has 0 radical (unpaired) electrons. The Labute approximate surface area is 170 Å². The predicted molar refractivity (Wildman–Crippen MR) is 102 cm³/mol. The number of carbonyl (C=O) groups is 4. The standard InChI is InChI=1S/C10H17NO5.C9H15NO3/c1-10(2,3)16-9(15)11-4-6(5-11)7(12)8(13)14;1-9(2,3)13-8(12)10-4-7(5-10)6-11/h6-7,12H,4-5H2,1-3H3,(H,13,14);6-7H,4-5H2,1-3H3. The van der Waals surface area contributed by atoms with Gasteiger partial charge in [-0.15, -0.1) is 0 Å². The Bertz CT molecular complexity index is 611. The number of aliphatic hydroxyl groups is 1. The highest BCUT2D eigenvalue weighted by atomic mass is 16.6. The van der Waals surface area contributed by atoms with Gasteiger partial charge in [-0.3, -0.25) is 0 Å². The Hall–Kier alpha value is -2.36. The number of nitrogens with zero attached hydrogens (tertiary/aromatic N) is 2. The summed E-state index contributed by atoms with van der Waals surface area (Å²) in [6, 6.07) is 0. The molecule has 2 rings (SSSR count). The monoisotopic (exact) mass is 416 g/mol. The van der Waals surface area contributed by atoms with E-state index in [-0.39, 0.29) is 25.1 Å². The Morgan fingerprint density at radius 3 is 1.59 bits per heavy atom. The third-order valence-corrected chi connectivity index (χ3v) is 4.01. The fourth-order valence-electron chi connectivity index (χ4n) is 2.46. The van der Waals surface area contributed by atoms with Crippen LogP contribution in [0.15, 0.2) is 0 Å². The summed E-state index contributed by atoms with van der Waals surface area (Å²) in [5.41, 5.74) is -1.02. The maximum absolute atomic E-state index is 11.5. The number of hydrogen-bond donors (Lipinski definition) is 2. The van der Waals surface area contributed by atoms with E-state index in [1.54, 1.807) is 20.8 Å². The van der Waals surface area contributed by atoms with Crippen LogP contribution in [0.25, 0.3) is 0 Å². The van der Waals surface area contributed by atoms with E-state index in [0.29, 0.717) is 13.1 Å². The first-order chi connectivity index (χ1) is 13.1. The second-order valence-electron chi connectivity index (χ2n) is 9.21. The fourth-order valence-corrected chi connectivity index (χ4v) is 2.46. The molecule has 0 aromatic rings. The fraction of sp³-hybridized carbons (Fsp3) is 0.789. The van der Waals surface area contributed by atoms with Crippen LogP contribution >= 0.6 is 0 Å². The van der Waals surface area contributed by atoms with Gasteiger partial charge in [0.05, 0.1) is 5.92 Å². The summed E-state index contributed by atoms with van der Waals surface area (Å²) in [7, 11) is 0. The number of hydrogen-bond acceptors (Lipinski definition) is 7. The molecule has 2 amide bonds. The van der Waals surface area contributed by atoms with Crippen molar-refractivity contribution in [2.75, 3.05) is 26.2 Å². The summed E-state index contributed by atoms with van der Waals surface area (Å²) in [4.78, 5) is 46.4. The lowest BCUT2D eigenvalue weighted by Gasteiger charge is -2.40. The van der Waals surface area contributed by atoms with Crippen LogP contribution in [0.3, 0.4) is 0 Å². The molecule has 2 N–H and O–H groups in total. The molecule has 0 aromatic heterocycles. The first kappa shape index (κ1) is 24.7. The van der Waals surface area contributed by atoms with Gasteiger partial charge in [0.2, 0.25) is 0 Å². The number of aliphatic hydroxyl groups excluding tert-OH is 1. The predicted octanol–water partition coefficient (Wildman–Crippen LogP) is 1.35. The van der Waals surface area contributed by atoms with Crippen molar-refractivity contribution in [3.63, 3.8) is 0 Å². The summed E-state index contributed by atoms with van der Waals surface area (Å²) in [6.07, 6.45) is -1.33. The molecule has 1 atom stereocenters. The molecule has 0 spiro atoms. The molecule has 0 saturated carbocycles. The molecule has 2 fully saturated rings. The number of likely N-dealkylation sites (tertiary alicyclic amines) is 2. The molecule has 2 aliphatic heterocycles. The van der Waals surface area contributed by atoms with Crippen molar-refractivity contribution >= 4 is 24.4 Å². The lowest BCUT2D eigenvalue weighted by molar-refractivity contribution is -0.153. The topological polar surface area (TPSA) is 134 Å². The van der Waals surface area contributed by atoms with Crippen LogP contribution < -0.4 is 0 Å². The van der Waals surface area contributed by atoms with E-state index in [4.69, 9.17) is 14.6 Å². The van der Waals surface area contributed by atoms with Crippen LogP contribution in [0.2, 0.25) is 0 Å². The van der Waals surface area contributed by atoms with E-state index in [1.807, 2.05) is 20.8 Å². The van der Waals surface area contributed by atoms with Gasteiger partial charge in [-0.05, 0) is 41.5 Å². The highest BCUT2D eigenvalue weighted by molar-refractivity contribution is 5.74.